The average molecular weight is 584 g/mol. The molecule has 10 nitrogen and oxygen atoms in total. The van der Waals surface area contributed by atoms with Crippen LogP contribution >= 0.6 is 23.2 Å². The normalized spacial score (nSPS) is 23.6. The van der Waals surface area contributed by atoms with E-state index in [1.165, 1.54) is 29.2 Å². The summed E-state index contributed by atoms with van der Waals surface area (Å²) in [6, 6.07) is 6.15. The molecule has 0 aromatic heterocycles. The molecule has 2 aromatic rings. The quantitative estimate of drug-likeness (QED) is 0.285. The van der Waals surface area contributed by atoms with Crippen molar-refractivity contribution in [3.8, 4) is 0 Å². The number of carbonyl (C=O) groups excluding carboxylic acids is 2. The fourth-order valence-electron chi connectivity index (χ4n) is 5.48. The summed E-state index contributed by atoms with van der Waals surface area (Å²) in [5.41, 5.74) is 0.370. The van der Waals surface area contributed by atoms with Crippen LogP contribution in [0, 0.1) is 10.1 Å². The zero-order chi connectivity index (χ0) is 27.8. The minimum absolute atomic E-state index is 0.0380. The molecule has 1 N–H and O–H groups in total. The first kappa shape index (κ1) is 28.3. The maximum absolute atomic E-state index is 14.2. The summed E-state index contributed by atoms with van der Waals surface area (Å²) < 4.78 is 32.5. The Bertz CT molecular complexity index is 1390. The zero-order valence-electron chi connectivity index (χ0n) is 20.7. The lowest BCUT2D eigenvalue weighted by molar-refractivity contribution is -0.384. The van der Waals surface area contributed by atoms with E-state index in [1.54, 1.807) is 19.1 Å². The van der Waals surface area contributed by atoms with Crippen molar-refractivity contribution in [2.24, 2.45) is 0 Å². The van der Waals surface area contributed by atoms with Crippen molar-refractivity contribution in [3.05, 3.63) is 73.2 Å². The summed E-state index contributed by atoms with van der Waals surface area (Å²) in [5, 5.41) is 12.1. The first-order valence-corrected chi connectivity index (χ1v) is 14.8. The van der Waals surface area contributed by atoms with Crippen LogP contribution in [-0.2, 0) is 19.6 Å². The molecule has 13 heteroatoms. The van der Waals surface area contributed by atoms with Gasteiger partial charge in [-0.15, -0.1) is 0 Å². The van der Waals surface area contributed by atoms with Crippen LogP contribution in [0.2, 0.25) is 10.0 Å². The van der Waals surface area contributed by atoms with Crippen molar-refractivity contribution in [3.63, 3.8) is 0 Å². The predicted octanol–water partition coefficient (Wildman–Crippen LogP) is 4.61. The highest BCUT2D eigenvalue weighted by Gasteiger charge is 2.50. The molecule has 0 radical (unpaired) electrons. The lowest BCUT2D eigenvalue weighted by Gasteiger charge is -2.48. The van der Waals surface area contributed by atoms with Gasteiger partial charge in [-0.25, -0.2) is 13.1 Å². The summed E-state index contributed by atoms with van der Waals surface area (Å²) in [6.07, 6.45) is 3.50. The molecule has 2 aliphatic rings. The number of ether oxygens (including phenoxy) is 1. The van der Waals surface area contributed by atoms with E-state index in [1.807, 2.05) is 0 Å². The number of non-ortho nitro benzene ring substituents is 1. The van der Waals surface area contributed by atoms with Crippen molar-refractivity contribution < 1.29 is 27.7 Å². The molecule has 1 amide bonds. The fraction of sp³-hybridized carbons (Fsp3) is 0.440. The van der Waals surface area contributed by atoms with E-state index in [0.29, 0.717) is 23.4 Å². The number of esters is 1. The Hall–Kier alpha value is -2.73. The van der Waals surface area contributed by atoms with E-state index < -0.39 is 50.9 Å². The van der Waals surface area contributed by atoms with E-state index in [0.717, 1.165) is 19.1 Å². The second kappa shape index (κ2) is 11.2. The van der Waals surface area contributed by atoms with Crippen LogP contribution in [0.4, 0.5) is 5.69 Å². The van der Waals surface area contributed by atoms with Crippen LogP contribution < -0.4 is 4.72 Å². The highest BCUT2D eigenvalue weighted by molar-refractivity contribution is 7.88. The number of benzene rings is 2. The van der Waals surface area contributed by atoms with Crippen LogP contribution in [0.25, 0.3) is 0 Å². The second-order valence-corrected chi connectivity index (χ2v) is 12.1. The first-order valence-electron chi connectivity index (χ1n) is 12.1. The minimum Gasteiger partial charge on any atom is -0.465 e. The molecule has 1 aliphatic heterocycles. The third-order valence-corrected chi connectivity index (χ3v) is 8.23. The summed E-state index contributed by atoms with van der Waals surface area (Å²) >= 11 is 12.8. The number of carbonyl (C=O) groups is 2. The molecule has 38 heavy (non-hydrogen) atoms. The number of rotatable bonds is 7. The van der Waals surface area contributed by atoms with Crippen LogP contribution in [-0.4, -0.2) is 55.1 Å². The Morgan fingerprint density at radius 3 is 2.50 bits per heavy atom. The number of hydrogen-bond acceptors (Lipinski definition) is 7. The standard InChI is InChI=1S/C25H27Cl2N3O7S/c1-3-37-25(32)22-18-13-15(30(33)34)9-11-16(18)24(31)29(23(22)17-10-8-14(26)12-19(17)27)21-7-5-4-6-20(21)28-38(2,35)36/h8-13,20-23,28H,3-7H2,1-2H3/t20-,21-,22+,23-/m0/s1. The summed E-state index contributed by atoms with van der Waals surface area (Å²) in [6.45, 7) is 1.67. The molecule has 1 aliphatic carbocycles. The first-order chi connectivity index (χ1) is 17.9. The molecular formula is C25H27Cl2N3O7S. The fourth-order valence-corrected chi connectivity index (χ4v) is 6.83. The number of nitro benzene ring substituents is 1. The largest absolute Gasteiger partial charge is 0.465 e. The van der Waals surface area contributed by atoms with Gasteiger partial charge in [0, 0.05) is 39.8 Å². The van der Waals surface area contributed by atoms with Gasteiger partial charge in [-0.1, -0.05) is 42.1 Å². The minimum atomic E-state index is -3.62. The Labute approximate surface area is 230 Å². The maximum atomic E-state index is 14.2. The molecule has 204 valence electrons. The molecule has 4 rings (SSSR count). The summed E-state index contributed by atoms with van der Waals surface area (Å²) in [5.74, 6) is -2.34. The monoisotopic (exact) mass is 583 g/mol. The third kappa shape index (κ3) is 5.66. The third-order valence-electron chi connectivity index (χ3n) is 6.94. The molecule has 1 fully saturated rings. The van der Waals surface area contributed by atoms with Crippen LogP contribution in [0.1, 0.15) is 66.1 Å². The Kier molecular flexibility index (Phi) is 8.32. The van der Waals surface area contributed by atoms with Gasteiger partial charge in [0.1, 0.15) is 5.92 Å². The Morgan fingerprint density at radius 2 is 1.87 bits per heavy atom. The molecule has 0 spiro atoms. The topological polar surface area (TPSA) is 136 Å². The van der Waals surface area contributed by atoms with E-state index in [4.69, 9.17) is 27.9 Å². The molecular weight excluding hydrogens is 557 g/mol. The highest BCUT2D eigenvalue weighted by Crippen LogP contribution is 2.49. The van der Waals surface area contributed by atoms with Crippen LogP contribution in [0.3, 0.4) is 0 Å². The molecule has 2 aromatic carbocycles. The highest BCUT2D eigenvalue weighted by atomic mass is 35.5. The van der Waals surface area contributed by atoms with Gasteiger partial charge in [0.25, 0.3) is 11.6 Å². The smallest absolute Gasteiger partial charge is 0.315 e. The van der Waals surface area contributed by atoms with E-state index in [-0.39, 0.29) is 28.4 Å². The van der Waals surface area contributed by atoms with Crippen molar-refractivity contribution in [1.29, 1.82) is 0 Å². The van der Waals surface area contributed by atoms with E-state index in [2.05, 4.69) is 4.72 Å². The van der Waals surface area contributed by atoms with Crippen molar-refractivity contribution in [2.45, 2.75) is 56.7 Å². The molecule has 0 bridgehead atoms. The lowest BCUT2D eigenvalue weighted by Crippen LogP contribution is -2.58. The van der Waals surface area contributed by atoms with Crippen molar-refractivity contribution in [1.82, 2.24) is 9.62 Å². The van der Waals surface area contributed by atoms with E-state index in [9.17, 15) is 28.1 Å². The number of fused-ring (bicyclic) bond motifs is 1. The van der Waals surface area contributed by atoms with Crippen LogP contribution in [0.15, 0.2) is 36.4 Å². The van der Waals surface area contributed by atoms with Gasteiger partial charge in [-0.2, -0.15) is 0 Å². The summed E-state index contributed by atoms with van der Waals surface area (Å²) in [7, 11) is -3.62. The van der Waals surface area contributed by atoms with Gasteiger partial charge >= 0.3 is 5.97 Å². The van der Waals surface area contributed by atoms with E-state index >= 15 is 0 Å². The van der Waals surface area contributed by atoms with Gasteiger partial charge in [0.05, 0.1) is 23.8 Å². The molecule has 1 heterocycles. The SMILES string of the molecule is CCOC(=O)[C@@H]1c2cc([N+](=O)[O-])ccc2C(=O)N([C@H]2CCCC[C@@H]2NS(C)(=O)=O)[C@H]1c1ccc(Cl)cc1Cl. The molecule has 0 unspecified atom stereocenters. The number of halogens is 2. The lowest BCUT2D eigenvalue weighted by atomic mass is 9.76. The number of nitrogens with one attached hydrogen (secondary N) is 1. The molecule has 4 atom stereocenters. The number of hydrogen-bond donors (Lipinski definition) is 1. The number of sulfonamides is 1. The zero-order valence-corrected chi connectivity index (χ0v) is 23.1. The predicted molar refractivity (Wildman–Crippen MR) is 142 cm³/mol. The number of amides is 1. The van der Waals surface area contributed by atoms with Crippen LogP contribution in [0.5, 0.6) is 0 Å². The average Bonchev–Trinajstić information content (AvgIpc) is 2.83. The van der Waals surface area contributed by atoms with Gasteiger partial charge in [-0.3, -0.25) is 19.7 Å². The van der Waals surface area contributed by atoms with Gasteiger partial charge < -0.3 is 9.64 Å². The molecule has 1 saturated carbocycles. The molecule has 0 saturated heterocycles. The summed E-state index contributed by atoms with van der Waals surface area (Å²) in [4.78, 5) is 40.2. The van der Waals surface area contributed by atoms with Gasteiger partial charge in [0.15, 0.2) is 0 Å². The Morgan fingerprint density at radius 1 is 1.16 bits per heavy atom. The number of nitro groups is 1. The van der Waals surface area contributed by atoms with Crippen molar-refractivity contribution >= 4 is 50.8 Å². The van der Waals surface area contributed by atoms with Crippen molar-refractivity contribution in [2.75, 3.05) is 12.9 Å². The number of nitrogens with zero attached hydrogens (tertiary/aromatic N) is 2. The maximum Gasteiger partial charge on any atom is 0.315 e. The second-order valence-electron chi connectivity index (χ2n) is 9.43. The van der Waals surface area contributed by atoms with Gasteiger partial charge in [-0.05, 0) is 49.1 Å². The van der Waals surface area contributed by atoms with Gasteiger partial charge in [0.2, 0.25) is 10.0 Å². The Balaban J connectivity index is 1.99.